The predicted molar refractivity (Wildman–Crippen MR) is 193 cm³/mol. The number of likely N-dealkylation sites (tertiary alicyclic amines) is 3. The van der Waals surface area contributed by atoms with Crippen LogP contribution in [-0.2, 0) is 43.2 Å². The number of carbonyl (C=O) groups excluding carboxylic acids is 8. The molecule has 7 N–H and O–H groups in total. The van der Waals surface area contributed by atoms with Gasteiger partial charge in [0.2, 0.25) is 47.3 Å². The zero-order valence-corrected chi connectivity index (χ0v) is 31.1. The molecule has 0 aromatic heterocycles. The normalized spacial score (nSPS) is 23.5. The van der Waals surface area contributed by atoms with E-state index in [2.05, 4.69) is 57.2 Å². The van der Waals surface area contributed by atoms with E-state index in [4.69, 9.17) is 5.11 Å². The number of amides is 8. The van der Waals surface area contributed by atoms with Crippen LogP contribution in [-0.4, -0.2) is 167 Å². The van der Waals surface area contributed by atoms with Crippen molar-refractivity contribution in [3.05, 3.63) is 0 Å². The van der Waals surface area contributed by atoms with Crippen LogP contribution >= 0.6 is 25.3 Å². The van der Waals surface area contributed by atoms with Gasteiger partial charge in [-0.25, -0.2) is 0 Å². The molecule has 294 valence electrons. The van der Waals surface area contributed by atoms with Crippen molar-refractivity contribution in [2.24, 2.45) is 0 Å². The molecular formula is C32H49N9O10S2. The van der Waals surface area contributed by atoms with Gasteiger partial charge in [0.05, 0.1) is 19.1 Å². The lowest BCUT2D eigenvalue weighted by molar-refractivity contribution is -0.142. The summed E-state index contributed by atoms with van der Waals surface area (Å²) in [5.41, 5.74) is 0. The Labute approximate surface area is 317 Å². The zero-order valence-electron chi connectivity index (χ0n) is 29.3. The van der Waals surface area contributed by atoms with Gasteiger partial charge in [0.1, 0.15) is 36.8 Å². The monoisotopic (exact) mass is 783 g/mol. The van der Waals surface area contributed by atoms with E-state index in [1.165, 1.54) is 9.80 Å². The first-order valence-electron chi connectivity index (χ1n) is 17.9. The van der Waals surface area contributed by atoms with Crippen molar-refractivity contribution in [2.75, 3.05) is 57.3 Å². The zero-order chi connectivity index (χ0) is 38.7. The Bertz CT molecular complexity index is 1430. The number of hydrogen-bond donors (Lipinski definition) is 9. The highest BCUT2D eigenvalue weighted by molar-refractivity contribution is 7.80. The van der Waals surface area contributed by atoms with Crippen molar-refractivity contribution >= 4 is 78.5 Å². The van der Waals surface area contributed by atoms with Gasteiger partial charge in [-0.2, -0.15) is 25.3 Å². The smallest absolute Gasteiger partial charge is 0.322 e. The van der Waals surface area contributed by atoms with Crippen LogP contribution in [0.3, 0.4) is 0 Å². The van der Waals surface area contributed by atoms with Gasteiger partial charge >= 0.3 is 5.97 Å². The fourth-order valence-corrected chi connectivity index (χ4v) is 7.59. The first-order valence-corrected chi connectivity index (χ1v) is 19.1. The molecule has 0 unspecified atom stereocenters. The predicted octanol–water partition coefficient (Wildman–Crippen LogP) is -4.03. The molecule has 0 bridgehead atoms. The Morgan fingerprint density at radius 3 is 1.79 bits per heavy atom. The number of carboxylic acids is 1. The summed E-state index contributed by atoms with van der Waals surface area (Å²) in [6.45, 7) is 0.190. The van der Waals surface area contributed by atoms with Crippen LogP contribution in [0.15, 0.2) is 0 Å². The molecule has 0 aromatic carbocycles. The minimum atomic E-state index is -1.23. The minimum absolute atomic E-state index is 0.113. The van der Waals surface area contributed by atoms with Crippen LogP contribution in [0.25, 0.3) is 0 Å². The maximum atomic E-state index is 13.3. The molecule has 0 radical (unpaired) electrons. The van der Waals surface area contributed by atoms with Crippen molar-refractivity contribution in [1.29, 1.82) is 0 Å². The lowest BCUT2D eigenvalue weighted by atomic mass is 10.1. The molecule has 19 nitrogen and oxygen atoms in total. The van der Waals surface area contributed by atoms with Crippen molar-refractivity contribution < 1.29 is 48.3 Å². The third kappa shape index (κ3) is 11.0. The second-order valence-electron chi connectivity index (χ2n) is 13.4. The van der Waals surface area contributed by atoms with Crippen LogP contribution < -0.4 is 31.9 Å². The van der Waals surface area contributed by atoms with E-state index >= 15 is 0 Å². The second kappa shape index (κ2) is 19.8. The van der Waals surface area contributed by atoms with Crippen molar-refractivity contribution in [3.8, 4) is 0 Å². The largest absolute Gasteiger partial charge is 0.480 e. The summed E-state index contributed by atoms with van der Waals surface area (Å²) in [7, 11) is 0. The highest BCUT2D eigenvalue weighted by Gasteiger charge is 2.40. The molecule has 4 heterocycles. The lowest BCUT2D eigenvalue weighted by Gasteiger charge is -2.28. The van der Waals surface area contributed by atoms with Gasteiger partial charge in [0, 0.05) is 31.1 Å². The summed E-state index contributed by atoms with van der Waals surface area (Å²) in [6.07, 6.45) is 4.45. The molecule has 8 amide bonds. The molecule has 4 saturated heterocycles. The number of carboxylic acid groups (broad SMARTS) is 1. The number of carbonyl (C=O) groups is 9. The molecule has 4 rings (SSSR count). The Balaban J connectivity index is 1.22. The first kappa shape index (κ1) is 41.6. The summed E-state index contributed by atoms with van der Waals surface area (Å²) in [5, 5.41) is 24.3. The third-order valence-corrected chi connectivity index (χ3v) is 10.5. The maximum Gasteiger partial charge on any atom is 0.322 e. The number of aliphatic carboxylic acids is 1. The van der Waals surface area contributed by atoms with E-state index in [1.54, 1.807) is 4.90 Å². The lowest BCUT2D eigenvalue weighted by Crippen LogP contribution is -2.57. The van der Waals surface area contributed by atoms with Crippen molar-refractivity contribution in [2.45, 2.75) is 87.6 Å². The number of hydrogen-bond acceptors (Lipinski definition) is 12. The Morgan fingerprint density at radius 1 is 0.642 bits per heavy atom. The molecule has 4 fully saturated rings. The highest BCUT2D eigenvalue weighted by Crippen LogP contribution is 2.22. The molecule has 0 saturated carbocycles. The van der Waals surface area contributed by atoms with Gasteiger partial charge in [0.15, 0.2) is 0 Å². The number of thiol groups is 2. The van der Waals surface area contributed by atoms with Crippen LogP contribution in [0.2, 0.25) is 0 Å². The van der Waals surface area contributed by atoms with Gasteiger partial charge in [-0.3, -0.25) is 43.2 Å². The molecule has 6 atom stereocenters. The summed E-state index contributed by atoms with van der Waals surface area (Å²) in [4.78, 5) is 119. The fourth-order valence-electron chi connectivity index (χ4n) is 7.09. The van der Waals surface area contributed by atoms with Crippen LogP contribution in [0.5, 0.6) is 0 Å². The summed E-state index contributed by atoms with van der Waals surface area (Å²) in [6, 6.07) is -5.09. The SMILES string of the molecule is O=C(O)CNC(=O)[C@@H]1CCCN1C(=O)[C@H](CS)NC(=O)CNC(=O)[C@H](CS)NC(=O)[C@@H]1CCCN1C(=O)CNC(=O)[C@@H]1CCCN1C(=O)[C@@H]1CCCN1. The van der Waals surface area contributed by atoms with Crippen molar-refractivity contribution in [1.82, 2.24) is 46.6 Å². The second-order valence-corrected chi connectivity index (χ2v) is 14.1. The van der Waals surface area contributed by atoms with Crippen LogP contribution in [0.4, 0.5) is 0 Å². The first-order chi connectivity index (χ1) is 25.4. The Morgan fingerprint density at radius 2 is 1.21 bits per heavy atom. The average Bonchev–Trinajstić information content (AvgIpc) is 3.99. The van der Waals surface area contributed by atoms with Gasteiger partial charge in [-0.15, -0.1) is 0 Å². The van der Waals surface area contributed by atoms with Gasteiger partial charge < -0.3 is 51.7 Å². The van der Waals surface area contributed by atoms with E-state index in [9.17, 15) is 43.2 Å². The topological polar surface area (TPSA) is 256 Å². The van der Waals surface area contributed by atoms with Gasteiger partial charge in [0.25, 0.3) is 0 Å². The number of rotatable bonds is 16. The van der Waals surface area contributed by atoms with Crippen LogP contribution in [0.1, 0.15) is 51.4 Å². The van der Waals surface area contributed by atoms with Crippen LogP contribution in [0, 0.1) is 0 Å². The summed E-state index contributed by atoms with van der Waals surface area (Å²) >= 11 is 8.31. The van der Waals surface area contributed by atoms with E-state index < -0.39 is 90.6 Å². The third-order valence-electron chi connectivity index (χ3n) is 9.79. The number of nitrogens with one attached hydrogen (secondary N) is 6. The average molecular weight is 784 g/mol. The highest BCUT2D eigenvalue weighted by atomic mass is 32.1. The summed E-state index contributed by atoms with van der Waals surface area (Å²) in [5.74, 6) is -5.81. The standard InChI is InChI=1S/C32H49N9O10S2/c42-24(37-20(17-53)32(51)41-12-4-7-22(41)29(48)36-15-26(44)45)13-34-27(46)19(16-52)38-30(49)23-8-2-10-39(23)25(43)14-35-28(47)21-6-3-11-40(21)31(50)18-5-1-9-33-18/h18-23,33,52-53H,1-17H2,(H,34,46)(H,35,47)(H,36,48)(H,37,42)(H,38,49)(H,44,45)/t18-,19-,20-,21-,22-,23-/m0/s1. The molecular weight excluding hydrogens is 735 g/mol. The van der Waals surface area contributed by atoms with E-state index in [-0.39, 0.29) is 43.1 Å². The maximum absolute atomic E-state index is 13.3. The molecule has 21 heteroatoms. The molecule has 0 spiro atoms. The van der Waals surface area contributed by atoms with E-state index in [1.807, 2.05) is 0 Å². The molecule has 4 aliphatic rings. The fraction of sp³-hybridized carbons (Fsp3) is 0.719. The summed E-state index contributed by atoms with van der Waals surface area (Å²) < 4.78 is 0. The molecule has 0 aromatic rings. The van der Waals surface area contributed by atoms with Gasteiger partial charge in [-0.05, 0) is 57.9 Å². The molecule has 4 aliphatic heterocycles. The van der Waals surface area contributed by atoms with E-state index in [0.29, 0.717) is 51.5 Å². The van der Waals surface area contributed by atoms with Gasteiger partial charge in [-0.1, -0.05) is 0 Å². The van der Waals surface area contributed by atoms with Crippen molar-refractivity contribution in [3.63, 3.8) is 0 Å². The minimum Gasteiger partial charge on any atom is -0.480 e. The Kier molecular flexibility index (Phi) is 15.6. The number of nitrogens with zero attached hydrogens (tertiary/aromatic N) is 3. The molecule has 53 heavy (non-hydrogen) atoms. The quantitative estimate of drug-likeness (QED) is 0.0682. The van der Waals surface area contributed by atoms with E-state index in [0.717, 1.165) is 13.0 Å². The Hall–Kier alpha value is -4.11. The molecule has 0 aliphatic carbocycles.